The van der Waals surface area contributed by atoms with E-state index in [-0.39, 0.29) is 11.4 Å². The molecule has 1 aromatic rings. The van der Waals surface area contributed by atoms with Crippen molar-refractivity contribution in [1.29, 1.82) is 0 Å². The van der Waals surface area contributed by atoms with E-state index < -0.39 is 0 Å². The Morgan fingerprint density at radius 2 is 1.86 bits per heavy atom. The lowest BCUT2D eigenvalue weighted by Crippen LogP contribution is -2.54. The second-order valence-electron chi connectivity index (χ2n) is 7.55. The average molecular weight is 301 g/mol. The maximum absolute atomic E-state index is 12.7. The quantitative estimate of drug-likeness (QED) is 0.843. The van der Waals surface area contributed by atoms with Gasteiger partial charge in [0.15, 0.2) is 0 Å². The Balaban J connectivity index is 1.65. The van der Waals surface area contributed by atoms with Crippen molar-refractivity contribution in [2.45, 2.75) is 51.5 Å². The number of piperazine rings is 1. The first-order chi connectivity index (χ1) is 10.4. The van der Waals surface area contributed by atoms with Crippen LogP contribution in [0.4, 0.5) is 0 Å². The standard InChI is InChI=1S/C18H27N3O/c1-18(2,3)21-11-9-20(10-12-21)17(22)15-7-8-19-16(13-15)14-5-4-6-14/h7-8,13-14H,4-6,9-12H2,1-3H3. The molecule has 1 saturated carbocycles. The first-order valence-corrected chi connectivity index (χ1v) is 8.45. The van der Waals surface area contributed by atoms with E-state index in [2.05, 4.69) is 30.7 Å². The predicted octanol–water partition coefficient (Wildman–Crippen LogP) is 2.91. The topological polar surface area (TPSA) is 36.4 Å². The minimum atomic E-state index is 0.163. The van der Waals surface area contributed by atoms with Crippen LogP contribution >= 0.6 is 0 Å². The van der Waals surface area contributed by atoms with Gasteiger partial charge in [-0.2, -0.15) is 0 Å². The van der Waals surface area contributed by atoms with Crippen molar-refractivity contribution < 1.29 is 4.79 Å². The summed E-state index contributed by atoms with van der Waals surface area (Å²) < 4.78 is 0. The van der Waals surface area contributed by atoms with Crippen molar-refractivity contribution >= 4 is 5.91 Å². The van der Waals surface area contributed by atoms with Crippen LogP contribution in [0.2, 0.25) is 0 Å². The highest BCUT2D eigenvalue weighted by Crippen LogP contribution is 2.35. The number of carbonyl (C=O) groups is 1. The Kier molecular flexibility index (Phi) is 4.22. The molecule has 3 rings (SSSR count). The van der Waals surface area contributed by atoms with Crippen molar-refractivity contribution in [3.63, 3.8) is 0 Å². The number of pyridine rings is 1. The third-order valence-electron chi connectivity index (χ3n) is 5.07. The minimum Gasteiger partial charge on any atom is -0.336 e. The van der Waals surface area contributed by atoms with E-state index in [0.717, 1.165) is 37.4 Å². The number of amides is 1. The van der Waals surface area contributed by atoms with Gasteiger partial charge in [0.25, 0.3) is 5.91 Å². The van der Waals surface area contributed by atoms with Gasteiger partial charge < -0.3 is 4.90 Å². The highest BCUT2D eigenvalue weighted by atomic mass is 16.2. The zero-order chi connectivity index (χ0) is 15.7. The SMILES string of the molecule is CC(C)(C)N1CCN(C(=O)c2ccnc(C3CCC3)c2)CC1. The monoisotopic (exact) mass is 301 g/mol. The molecule has 0 unspecified atom stereocenters. The smallest absolute Gasteiger partial charge is 0.254 e. The molecule has 0 atom stereocenters. The summed E-state index contributed by atoms with van der Waals surface area (Å²) in [4.78, 5) is 21.6. The van der Waals surface area contributed by atoms with E-state index in [1.165, 1.54) is 19.3 Å². The summed E-state index contributed by atoms with van der Waals surface area (Å²) in [7, 11) is 0. The zero-order valence-electron chi connectivity index (χ0n) is 14.0. The fourth-order valence-corrected chi connectivity index (χ4v) is 3.27. The third-order valence-corrected chi connectivity index (χ3v) is 5.07. The van der Waals surface area contributed by atoms with Crippen LogP contribution in [0, 0.1) is 0 Å². The van der Waals surface area contributed by atoms with Crippen LogP contribution in [-0.4, -0.2) is 52.4 Å². The second-order valence-corrected chi connectivity index (χ2v) is 7.55. The summed E-state index contributed by atoms with van der Waals surface area (Å²) in [6.07, 6.45) is 5.52. The number of hydrogen-bond acceptors (Lipinski definition) is 3. The Morgan fingerprint density at radius 3 is 2.41 bits per heavy atom. The third kappa shape index (κ3) is 3.17. The van der Waals surface area contributed by atoms with Gasteiger partial charge in [-0.3, -0.25) is 14.7 Å². The van der Waals surface area contributed by atoms with Gasteiger partial charge in [-0.25, -0.2) is 0 Å². The molecule has 1 amide bonds. The predicted molar refractivity (Wildman–Crippen MR) is 88.1 cm³/mol. The van der Waals surface area contributed by atoms with Crippen LogP contribution in [0.15, 0.2) is 18.3 Å². The van der Waals surface area contributed by atoms with E-state index in [1.807, 2.05) is 17.0 Å². The van der Waals surface area contributed by atoms with Crippen LogP contribution in [-0.2, 0) is 0 Å². The van der Waals surface area contributed by atoms with E-state index in [4.69, 9.17) is 0 Å². The summed E-state index contributed by atoms with van der Waals surface area (Å²) in [6, 6.07) is 3.88. The van der Waals surface area contributed by atoms with E-state index in [9.17, 15) is 4.79 Å². The van der Waals surface area contributed by atoms with Gasteiger partial charge in [-0.1, -0.05) is 6.42 Å². The molecule has 2 heterocycles. The molecular formula is C18H27N3O. The molecule has 0 N–H and O–H groups in total. The molecule has 0 radical (unpaired) electrons. The molecule has 120 valence electrons. The van der Waals surface area contributed by atoms with Crippen LogP contribution in [0.3, 0.4) is 0 Å². The lowest BCUT2D eigenvalue weighted by Gasteiger charge is -2.42. The molecule has 2 fully saturated rings. The van der Waals surface area contributed by atoms with Crippen LogP contribution in [0.25, 0.3) is 0 Å². The van der Waals surface area contributed by atoms with Crippen LogP contribution < -0.4 is 0 Å². The van der Waals surface area contributed by atoms with Gasteiger partial charge in [-0.05, 0) is 45.7 Å². The molecule has 0 spiro atoms. The highest BCUT2D eigenvalue weighted by Gasteiger charge is 2.29. The molecule has 4 nitrogen and oxygen atoms in total. The maximum Gasteiger partial charge on any atom is 0.254 e. The van der Waals surface area contributed by atoms with E-state index >= 15 is 0 Å². The molecule has 1 saturated heterocycles. The van der Waals surface area contributed by atoms with E-state index in [1.54, 1.807) is 6.20 Å². The number of aromatic nitrogens is 1. The fraction of sp³-hybridized carbons (Fsp3) is 0.667. The van der Waals surface area contributed by atoms with Gasteiger partial charge in [0.1, 0.15) is 0 Å². The molecule has 0 aromatic carbocycles. The lowest BCUT2D eigenvalue weighted by molar-refractivity contribution is 0.0451. The van der Waals surface area contributed by atoms with Crippen molar-refractivity contribution in [3.05, 3.63) is 29.6 Å². The number of carbonyl (C=O) groups excluding carboxylic acids is 1. The Morgan fingerprint density at radius 1 is 1.18 bits per heavy atom. The summed E-state index contributed by atoms with van der Waals surface area (Å²) in [5, 5.41) is 0. The minimum absolute atomic E-state index is 0.163. The van der Waals surface area contributed by atoms with Crippen molar-refractivity contribution in [1.82, 2.24) is 14.8 Å². The van der Waals surface area contributed by atoms with Crippen LogP contribution in [0.5, 0.6) is 0 Å². The van der Waals surface area contributed by atoms with Gasteiger partial charge in [-0.15, -0.1) is 0 Å². The lowest BCUT2D eigenvalue weighted by atomic mass is 9.82. The summed E-state index contributed by atoms with van der Waals surface area (Å²) in [5.74, 6) is 0.738. The van der Waals surface area contributed by atoms with Gasteiger partial charge >= 0.3 is 0 Å². The largest absolute Gasteiger partial charge is 0.336 e. The summed E-state index contributed by atoms with van der Waals surface area (Å²) >= 11 is 0. The average Bonchev–Trinajstić information content (AvgIpc) is 2.44. The van der Waals surface area contributed by atoms with Gasteiger partial charge in [0.05, 0.1) is 0 Å². The number of nitrogens with zero attached hydrogens (tertiary/aromatic N) is 3. The molecule has 1 aliphatic carbocycles. The molecule has 0 bridgehead atoms. The molecular weight excluding hydrogens is 274 g/mol. The van der Waals surface area contributed by atoms with E-state index in [0.29, 0.717) is 5.92 Å². The summed E-state index contributed by atoms with van der Waals surface area (Å²) in [6.45, 7) is 10.2. The highest BCUT2D eigenvalue weighted by molar-refractivity contribution is 5.94. The van der Waals surface area contributed by atoms with Crippen molar-refractivity contribution in [3.8, 4) is 0 Å². The molecule has 1 aliphatic heterocycles. The van der Waals surface area contributed by atoms with Crippen molar-refractivity contribution in [2.75, 3.05) is 26.2 Å². The van der Waals surface area contributed by atoms with Crippen molar-refractivity contribution in [2.24, 2.45) is 0 Å². The van der Waals surface area contributed by atoms with Gasteiger partial charge in [0.2, 0.25) is 0 Å². The molecule has 22 heavy (non-hydrogen) atoms. The molecule has 1 aromatic heterocycles. The fourth-order valence-electron chi connectivity index (χ4n) is 3.27. The summed E-state index contributed by atoms with van der Waals surface area (Å²) in [5.41, 5.74) is 2.09. The normalized spacial score (nSPS) is 20.8. The Labute approximate surface area is 133 Å². The Bertz CT molecular complexity index is 538. The number of rotatable bonds is 2. The van der Waals surface area contributed by atoms with Gasteiger partial charge in [0, 0.05) is 55.1 Å². The Hall–Kier alpha value is -1.42. The first kappa shape index (κ1) is 15.5. The molecule has 2 aliphatic rings. The van der Waals surface area contributed by atoms with Crippen LogP contribution in [0.1, 0.15) is 62.0 Å². The maximum atomic E-state index is 12.7. The molecule has 4 heteroatoms. The first-order valence-electron chi connectivity index (χ1n) is 8.45. The number of hydrogen-bond donors (Lipinski definition) is 0. The zero-order valence-corrected chi connectivity index (χ0v) is 14.0. The second kappa shape index (κ2) is 5.99.